The van der Waals surface area contributed by atoms with E-state index in [0.717, 1.165) is 14.3 Å². The van der Waals surface area contributed by atoms with Crippen LogP contribution in [0.4, 0.5) is 0 Å². The SMILES string of the molecule is OC(c1cc2cccc(Br)c2o1)c1occc1Br. The Morgan fingerprint density at radius 1 is 1.11 bits per heavy atom. The van der Waals surface area contributed by atoms with E-state index in [1.807, 2.05) is 18.2 Å². The topological polar surface area (TPSA) is 46.5 Å². The average Bonchev–Trinajstić information content (AvgIpc) is 2.95. The van der Waals surface area contributed by atoms with Gasteiger partial charge in [-0.3, -0.25) is 0 Å². The fraction of sp³-hybridized carbons (Fsp3) is 0.0769. The van der Waals surface area contributed by atoms with E-state index in [9.17, 15) is 5.11 Å². The van der Waals surface area contributed by atoms with Crippen LogP contribution in [0.2, 0.25) is 0 Å². The summed E-state index contributed by atoms with van der Waals surface area (Å²) in [6.07, 6.45) is 0.593. The van der Waals surface area contributed by atoms with Crippen molar-refractivity contribution in [2.24, 2.45) is 0 Å². The molecule has 5 heteroatoms. The monoisotopic (exact) mass is 370 g/mol. The van der Waals surface area contributed by atoms with Gasteiger partial charge in [0, 0.05) is 5.39 Å². The van der Waals surface area contributed by atoms with Gasteiger partial charge in [-0.1, -0.05) is 12.1 Å². The molecule has 0 spiro atoms. The van der Waals surface area contributed by atoms with E-state index in [2.05, 4.69) is 31.9 Å². The molecule has 3 nitrogen and oxygen atoms in total. The van der Waals surface area contributed by atoms with Crippen LogP contribution in [0, 0.1) is 0 Å². The molecule has 0 radical (unpaired) electrons. The third-order valence-corrected chi connectivity index (χ3v) is 3.96. The molecule has 0 saturated carbocycles. The van der Waals surface area contributed by atoms with Crippen molar-refractivity contribution in [1.29, 1.82) is 0 Å². The Bertz CT molecular complexity index is 699. The number of aliphatic hydroxyl groups excluding tert-OH is 1. The fourth-order valence-electron chi connectivity index (χ4n) is 1.81. The molecule has 0 fully saturated rings. The molecule has 92 valence electrons. The van der Waals surface area contributed by atoms with Crippen LogP contribution >= 0.6 is 31.9 Å². The number of aliphatic hydroxyl groups is 1. The van der Waals surface area contributed by atoms with Gasteiger partial charge in [-0.2, -0.15) is 0 Å². The maximum atomic E-state index is 10.2. The molecule has 0 aliphatic rings. The Morgan fingerprint density at radius 2 is 1.94 bits per heavy atom. The lowest BCUT2D eigenvalue weighted by Gasteiger charge is -2.04. The van der Waals surface area contributed by atoms with Crippen LogP contribution in [-0.2, 0) is 0 Å². The van der Waals surface area contributed by atoms with Gasteiger partial charge in [0.15, 0.2) is 11.9 Å². The molecule has 1 atom stereocenters. The normalized spacial score (nSPS) is 13.1. The van der Waals surface area contributed by atoms with Crippen molar-refractivity contribution >= 4 is 42.8 Å². The molecule has 1 N–H and O–H groups in total. The molecule has 0 bridgehead atoms. The standard InChI is InChI=1S/C13H8Br2O3/c14-8-3-1-2-7-6-10(18-12(7)8)11(16)13-9(15)4-5-17-13/h1-6,11,16H. The van der Waals surface area contributed by atoms with E-state index in [1.165, 1.54) is 6.26 Å². The molecule has 0 aliphatic carbocycles. The van der Waals surface area contributed by atoms with Crippen LogP contribution < -0.4 is 0 Å². The van der Waals surface area contributed by atoms with Gasteiger partial charge in [0.05, 0.1) is 15.2 Å². The van der Waals surface area contributed by atoms with E-state index < -0.39 is 6.10 Å². The molecular formula is C13H8Br2O3. The smallest absolute Gasteiger partial charge is 0.170 e. The molecule has 1 unspecified atom stereocenters. The number of rotatable bonds is 2. The summed E-state index contributed by atoms with van der Waals surface area (Å²) in [6.45, 7) is 0. The Balaban J connectivity index is 2.10. The fourth-order valence-corrected chi connectivity index (χ4v) is 2.69. The van der Waals surface area contributed by atoms with Crippen molar-refractivity contribution in [3.05, 3.63) is 57.1 Å². The summed E-state index contributed by atoms with van der Waals surface area (Å²) in [5.41, 5.74) is 0.717. The van der Waals surface area contributed by atoms with Crippen molar-refractivity contribution in [3.63, 3.8) is 0 Å². The van der Waals surface area contributed by atoms with Crippen LogP contribution in [0.1, 0.15) is 17.6 Å². The van der Waals surface area contributed by atoms with Crippen molar-refractivity contribution in [1.82, 2.24) is 0 Å². The van der Waals surface area contributed by atoms with Crippen LogP contribution in [0.5, 0.6) is 0 Å². The van der Waals surface area contributed by atoms with Gasteiger partial charge >= 0.3 is 0 Å². The summed E-state index contributed by atoms with van der Waals surface area (Å²) in [6, 6.07) is 9.28. The lowest BCUT2D eigenvalue weighted by Crippen LogP contribution is -1.96. The van der Waals surface area contributed by atoms with Crippen molar-refractivity contribution in [2.75, 3.05) is 0 Å². The van der Waals surface area contributed by atoms with Gasteiger partial charge in [0.2, 0.25) is 0 Å². The predicted octanol–water partition coefficient (Wildman–Crippen LogP) is 4.63. The minimum atomic E-state index is -0.923. The zero-order valence-corrected chi connectivity index (χ0v) is 12.2. The quantitative estimate of drug-likeness (QED) is 0.714. The molecule has 3 aromatic rings. The lowest BCUT2D eigenvalue weighted by atomic mass is 10.2. The second kappa shape index (κ2) is 4.57. The van der Waals surface area contributed by atoms with Crippen LogP contribution in [0.15, 0.2) is 54.4 Å². The number of furan rings is 2. The van der Waals surface area contributed by atoms with E-state index in [4.69, 9.17) is 8.83 Å². The van der Waals surface area contributed by atoms with Crippen molar-refractivity contribution in [3.8, 4) is 0 Å². The van der Waals surface area contributed by atoms with E-state index in [1.54, 1.807) is 12.1 Å². The molecule has 2 heterocycles. The number of hydrogen-bond donors (Lipinski definition) is 1. The van der Waals surface area contributed by atoms with E-state index in [-0.39, 0.29) is 0 Å². The Kier molecular flexibility index (Phi) is 3.05. The van der Waals surface area contributed by atoms with E-state index >= 15 is 0 Å². The van der Waals surface area contributed by atoms with E-state index in [0.29, 0.717) is 17.1 Å². The molecule has 0 amide bonds. The number of fused-ring (bicyclic) bond motifs is 1. The summed E-state index contributed by atoms with van der Waals surface area (Å²) >= 11 is 6.73. The highest BCUT2D eigenvalue weighted by atomic mass is 79.9. The molecule has 3 rings (SSSR count). The van der Waals surface area contributed by atoms with Crippen molar-refractivity contribution < 1.29 is 13.9 Å². The summed E-state index contributed by atoms with van der Waals surface area (Å²) < 4.78 is 12.5. The van der Waals surface area contributed by atoms with Gasteiger partial charge in [0.25, 0.3) is 0 Å². The third kappa shape index (κ3) is 1.92. The summed E-state index contributed by atoms with van der Waals surface area (Å²) in [7, 11) is 0. The number of halogens is 2. The summed E-state index contributed by atoms with van der Waals surface area (Å²) in [5, 5.41) is 11.2. The lowest BCUT2D eigenvalue weighted by molar-refractivity contribution is 0.164. The van der Waals surface area contributed by atoms with Gasteiger partial charge in [-0.15, -0.1) is 0 Å². The first-order valence-corrected chi connectivity index (χ1v) is 6.84. The second-order valence-corrected chi connectivity index (χ2v) is 5.55. The minimum Gasteiger partial charge on any atom is -0.465 e. The molecule has 2 aromatic heterocycles. The number of hydrogen-bond acceptors (Lipinski definition) is 3. The van der Waals surface area contributed by atoms with Gasteiger partial charge < -0.3 is 13.9 Å². The Hall–Kier alpha value is -1.04. The maximum absolute atomic E-state index is 10.2. The zero-order chi connectivity index (χ0) is 12.7. The highest BCUT2D eigenvalue weighted by molar-refractivity contribution is 9.11. The molecule has 18 heavy (non-hydrogen) atoms. The Morgan fingerprint density at radius 3 is 2.61 bits per heavy atom. The van der Waals surface area contributed by atoms with Gasteiger partial charge in [-0.25, -0.2) is 0 Å². The average molecular weight is 372 g/mol. The highest BCUT2D eigenvalue weighted by Gasteiger charge is 2.21. The molecule has 1 aromatic carbocycles. The van der Waals surface area contributed by atoms with Crippen LogP contribution in [-0.4, -0.2) is 5.11 Å². The van der Waals surface area contributed by atoms with Crippen LogP contribution in [0.25, 0.3) is 11.0 Å². The largest absolute Gasteiger partial charge is 0.465 e. The van der Waals surface area contributed by atoms with Gasteiger partial charge in [-0.05, 0) is 50.1 Å². The zero-order valence-electron chi connectivity index (χ0n) is 9.06. The molecule has 0 saturated heterocycles. The first-order chi connectivity index (χ1) is 8.66. The predicted molar refractivity (Wildman–Crippen MR) is 74.4 cm³/mol. The molecular weight excluding hydrogens is 364 g/mol. The first-order valence-electron chi connectivity index (χ1n) is 5.25. The maximum Gasteiger partial charge on any atom is 0.170 e. The Labute approximate surface area is 120 Å². The minimum absolute atomic E-state index is 0.435. The number of para-hydroxylation sites is 1. The highest BCUT2D eigenvalue weighted by Crippen LogP contribution is 2.34. The summed E-state index contributed by atoms with van der Waals surface area (Å²) in [4.78, 5) is 0. The second-order valence-electron chi connectivity index (χ2n) is 3.84. The van der Waals surface area contributed by atoms with Crippen LogP contribution in [0.3, 0.4) is 0 Å². The molecule has 0 aliphatic heterocycles. The first kappa shape index (κ1) is 12.0. The third-order valence-electron chi connectivity index (χ3n) is 2.68. The van der Waals surface area contributed by atoms with Crippen molar-refractivity contribution in [2.45, 2.75) is 6.10 Å². The number of benzene rings is 1. The summed E-state index contributed by atoms with van der Waals surface area (Å²) in [5.74, 6) is 0.887. The van der Waals surface area contributed by atoms with Gasteiger partial charge in [0.1, 0.15) is 11.3 Å².